The summed E-state index contributed by atoms with van der Waals surface area (Å²) in [5.74, 6) is 0. The molecular weight excluding hydrogens is 532 g/mol. The van der Waals surface area contributed by atoms with E-state index in [1.807, 2.05) is 19.1 Å². The second-order valence-corrected chi connectivity index (χ2v) is 13.1. The number of nitrogens with zero attached hydrogens (tertiary/aromatic N) is 1. The summed E-state index contributed by atoms with van der Waals surface area (Å²) in [6.07, 6.45) is -6.63. The van der Waals surface area contributed by atoms with E-state index in [9.17, 15) is 39.9 Å². The van der Waals surface area contributed by atoms with E-state index in [1.54, 1.807) is 6.07 Å². The second kappa shape index (κ2) is 9.82. The quantitative estimate of drug-likeness (QED) is 0.437. The SMILES string of the molecule is CCc1cc(CN2CC3(CCCC(S(C)(=O)=O)C3)C2)ccc1-c1ccc(C(O)(C(F)(F)F)C(F)(F)F)cc1. The summed E-state index contributed by atoms with van der Waals surface area (Å²) >= 11 is 0. The van der Waals surface area contributed by atoms with Crippen molar-refractivity contribution in [1.82, 2.24) is 4.90 Å². The Labute approximate surface area is 218 Å². The zero-order valence-corrected chi connectivity index (χ0v) is 22.0. The first-order valence-electron chi connectivity index (χ1n) is 12.5. The lowest BCUT2D eigenvalue weighted by atomic mass is 9.68. The van der Waals surface area contributed by atoms with Gasteiger partial charge in [0.1, 0.15) is 9.84 Å². The van der Waals surface area contributed by atoms with Gasteiger partial charge in [0.15, 0.2) is 0 Å². The van der Waals surface area contributed by atoms with Gasteiger partial charge in [-0.05, 0) is 53.4 Å². The molecule has 0 radical (unpaired) electrons. The first kappa shape index (κ1) is 28.9. The number of hydrogen-bond donors (Lipinski definition) is 1. The average molecular weight is 564 g/mol. The van der Waals surface area contributed by atoms with E-state index >= 15 is 0 Å². The van der Waals surface area contributed by atoms with Crippen molar-refractivity contribution >= 4 is 9.84 Å². The number of aliphatic hydroxyl groups is 1. The van der Waals surface area contributed by atoms with Gasteiger partial charge in [-0.3, -0.25) is 4.90 Å². The van der Waals surface area contributed by atoms with Crippen molar-refractivity contribution in [1.29, 1.82) is 0 Å². The highest BCUT2D eigenvalue weighted by Gasteiger charge is 2.71. The largest absolute Gasteiger partial charge is 0.430 e. The molecule has 1 unspecified atom stereocenters. The van der Waals surface area contributed by atoms with Crippen molar-refractivity contribution in [2.75, 3.05) is 19.3 Å². The first-order chi connectivity index (χ1) is 17.5. The maximum Gasteiger partial charge on any atom is 0.430 e. The molecule has 0 bridgehead atoms. The zero-order valence-electron chi connectivity index (χ0n) is 21.2. The third kappa shape index (κ3) is 5.34. The summed E-state index contributed by atoms with van der Waals surface area (Å²) in [7, 11) is -3.06. The fraction of sp³-hybridized carbons (Fsp3) is 0.556. The highest BCUT2D eigenvalue weighted by Crippen LogP contribution is 2.50. The van der Waals surface area contributed by atoms with Crippen molar-refractivity contribution in [2.45, 2.75) is 68.8 Å². The van der Waals surface area contributed by atoms with Crippen LogP contribution in [-0.2, 0) is 28.4 Å². The Morgan fingerprint density at radius 3 is 2.13 bits per heavy atom. The van der Waals surface area contributed by atoms with Gasteiger partial charge in [0.2, 0.25) is 0 Å². The highest BCUT2D eigenvalue weighted by atomic mass is 32.2. The van der Waals surface area contributed by atoms with Crippen LogP contribution in [-0.4, -0.2) is 55.4 Å². The molecule has 210 valence electrons. The Hall–Kier alpha value is -2.11. The van der Waals surface area contributed by atoms with Crippen molar-refractivity contribution in [3.05, 3.63) is 59.2 Å². The third-order valence-corrected chi connectivity index (χ3v) is 9.62. The predicted molar refractivity (Wildman–Crippen MR) is 132 cm³/mol. The van der Waals surface area contributed by atoms with Gasteiger partial charge in [0.05, 0.1) is 5.25 Å². The molecule has 0 amide bonds. The molecule has 1 aliphatic carbocycles. The lowest BCUT2D eigenvalue weighted by molar-refractivity contribution is -0.376. The smallest absolute Gasteiger partial charge is 0.369 e. The Bertz CT molecular complexity index is 1250. The number of benzene rings is 2. The summed E-state index contributed by atoms with van der Waals surface area (Å²) in [4.78, 5) is 2.27. The number of sulfone groups is 1. The molecule has 1 N–H and O–H groups in total. The summed E-state index contributed by atoms with van der Waals surface area (Å²) in [6.45, 7) is 4.23. The van der Waals surface area contributed by atoms with E-state index in [0.29, 0.717) is 49.1 Å². The van der Waals surface area contributed by atoms with Crippen LogP contribution in [0.2, 0.25) is 0 Å². The minimum absolute atomic E-state index is 0.0377. The monoisotopic (exact) mass is 563 g/mol. The fourth-order valence-electron chi connectivity index (χ4n) is 6.02. The molecular formula is C27H31F6NO3S. The lowest BCUT2D eigenvalue weighted by Gasteiger charge is -2.54. The van der Waals surface area contributed by atoms with Crippen LogP contribution in [0.4, 0.5) is 26.3 Å². The van der Waals surface area contributed by atoms with Gasteiger partial charge in [-0.25, -0.2) is 8.42 Å². The molecule has 1 aliphatic heterocycles. The third-order valence-electron chi connectivity index (χ3n) is 8.01. The number of alkyl halides is 6. The first-order valence-corrected chi connectivity index (χ1v) is 14.4. The molecule has 0 aromatic heterocycles. The number of hydrogen-bond acceptors (Lipinski definition) is 4. The molecule has 2 aromatic rings. The molecule has 4 rings (SSSR count). The van der Waals surface area contributed by atoms with Gasteiger partial charge in [-0.15, -0.1) is 0 Å². The van der Waals surface area contributed by atoms with Crippen LogP contribution in [0, 0.1) is 5.41 Å². The van der Waals surface area contributed by atoms with Crippen LogP contribution in [0.25, 0.3) is 11.1 Å². The summed E-state index contributed by atoms with van der Waals surface area (Å²) < 4.78 is 103. The minimum Gasteiger partial charge on any atom is -0.369 e. The Morgan fingerprint density at radius 1 is 1.00 bits per heavy atom. The van der Waals surface area contributed by atoms with Crippen molar-refractivity contribution in [3.8, 4) is 11.1 Å². The Morgan fingerprint density at radius 2 is 1.61 bits per heavy atom. The second-order valence-electron chi connectivity index (χ2n) is 10.8. The van der Waals surface area contributed by atoms with Gasteiger partial charge < -0.3 is 5.11 Å². The molecule has 1 spiro atoms. The van der Waals surface area contributed by atoms with Crippen molar-refractivity contribution in [2.24, 2.45) is 5.41 Å². The van der Waals surface area contributed by atoms with E-state index in [-0.39, 0.29) is 10.7 Å². The normalized spacial score (nSPS) is 20.9. The van der Waals surface area contributed by atoms with E-state index in [1.165, 1.54) is 6.26 Å². The van der Waals surface area contributed by atoms with Gasteiger partial charge >= 0.3 is 12.4 Å². The van der Waals surface area contributed by atoms with Crippen molar-refractivity contribution in [3.63, 3.8) is 0 Å². The Balaban J connectivity index is 1.49. The molecule has 2 aromatic carbocycles. The number of likely N-dealkylation sites (tertiary alicyclic amines) is 1. The molecule has 38 heavy (non-hydrogen) atoms. The molecule has 2 aliphatic rings. The van der Waals surface area contributed by atoms with Gasteiger partial charge in [-0.1, -0.05) is 55.8 Å². The van der Waals surface area contributed by atoms with Gasteiger partial charge in [0, 0.05) is 31.5 Å². The van der Waals surface area contributed by atoms with Crippen LogP contribution in [0.1, 0.15) is 49.3 Å². The number of rotatable bonds is 6. The van der Waals surface area contributed by atoms with Crippen LogP contribution in [0.3, 0.4) is 0 Å². The van der Waals surface area contributed by atoms with Crippen LogP contribution < -0.4 is 0 Å². The Kier molecular flexibility index (Phi) is 7.46. The average Bonchev–Trinajstić information content (AvgIpc) is 2.81. The lowest BCUT2D eigenvalue weighted by Crippen LogP contribution is -2.58. The maximum atomic E-state index is 13.2. The fourth-order valence-corrected chi connectivity index (χ4v) is 7.27. The van der Waals surface area contributed by atoms with Crippen LogP contribution in [0.5, 0.6) is 0 Å². The summed E-state index contributed by atoms with van der Waals surface area (Å²) in [6, 6.07) is 9.32. The summed E-state index contributed by atoms with van der Waals surface area (Å²) in [5.41, 5.74) is -3.16. The molecule has 11 heteroatoms. The standard InChI is InChI=1S/C27H31F6NO3S/c1-3-19-13-18(15-34-16-24(17-34)12-4-5-22(14-24)38(2,36)37)6-11-23(19)20-7-9-21(10-8-20)25(35,26(28,29)30)27(31,32)33/h6-11,13,22,35H,3-5,12,14-17H2,1-2H3. The summed E-state index contributed by atoms with van der Waals surface area (Å²) in [5, 5.41) is 9.35. The molecule has 1 atom stereocenters. The van der Waals surface area contributed by atoms with E-state index < -0.39 is 33.4 Å². The van der Waals surface area contributed by atoms with Crippen LogP contribution >= 0.6 is 0 Å². The molecule has 2 fully saturated rings. The molecule has 4 nitrogen and oxygen atoms in total. The van der Waals surface area contributed by atoms with Crippen LogP contribution in [0.15, 0.2) is 42.5 Å². The maximum absolute atomic E-state index is 13.2. The van der Waals surface area contributed by atoms with E-state index in [4.69, 9.17) is 0 Å². The molecule has 1 saturated carbocycles. The van der Waals surface area contributed by atoms with Crippen molar-refractivity contribution < 1.29 is 39.9 Å². The predicted octanol–water partition coefficient (Wildman–Crippen LogP) is 6.02. The van der Waals surface area contributed by atoms with E-state index in [0.717, 1.165) is 49.2 Å². The molecule has 1 saturated heterocycles. The van der Waals surface area contributed by atoms with E-state index in [2.05, 4.69) is 4.90 Å². The number of aryl methyl sites for hydroxylation is 1. The van der Waals surface area contributed by atoms with Gasteiger partial charge in [-0.2, -0.15) is 26.3 Å². The topological polar surface area (TPSA) is 57.6 Å². The minimum atomic E-state index is -5.93. The molecule has 1 heterocycles. The zero-order chi connectivity index (χ0) is 28.1. The number of halogens is 6. The highest BCUT2D eigenvalue weighted by molar-refractivity contribution is 7.91. The van der Waals surface area contributed by atoms with Gasteiger partial charge in [0.25, 0.3) is 5.60 Å².